The van der Waals surface area contributed by atoms with E-state index in [-0.39, 0.29) is 17.9 Å². The van der Waals surface area contributed by atoms with Crippen LogP contribution in [0.1, 0.15) is 38.7 Å². The van der Waals surface area contributed by atoms with Crippen molar-refractivity contribution in [2.24, 2.45) is 5.41 Å². The average molecular weight is 470 g/mol. The number of nitrogens with zero attached hydrogens (tertiary/aromatic N) is 3. The normalized spacial score (nSPS) is 24.5. The van der Waals surface area contributed by atoms with E-state index in [2.05, 4.69) is 9.88 Å². The van der Waals surface area contributed by atoms with E-state index in [1.165, 1.54) is 0 Å². The van der Waals surface area contributed by atoms with Crippen molar-refractivity contribution >= 4 is 11.6 Å². The molecule has 4 atom stereocenters. The largest absolute Gasteiger partial charge is 0.493 e. The Labute approximate surface area is 201 Å². The van der Waals surface area contributed by atoms with Crippen LogP contribution >= 0.6 is 0 Å². The maximum atomic E-state index is 12.7. The van der Waals surface area contributed by atoms with Crippen molar-refractivity contribution in [1.29, 1.82) is 0 Å². The summed E-state index contributed by atoms with van der Waals surface area (Å²) in [5, 5.41) is 20.8. The van der Waals surface area contributed by atoms with Crippen LogP contribution in [0.25, 0.3) is 0 Å². The summed E-state index contributed by atoms with van der Waals surface area (Å²) in [7, 11) is 1.62. The van der Waals surface area contributed by atoms with Crippen molar-refractivity contribution in [3.8, 4) is 11.5 Å². The fourth-order valence-electron chi connectivity index (χ4n) is 4.92. The highest BCUT2D eigenvalue weighted by Crippen LogP contribution is 2.47. The molecule has 2 N–H and O–H groups in total. The molecule has 0 radical (unpaired) electrons. The zero-order valence-corrected chi connectivity index (χ0v) is 20.3. The fraction of sp³-hybridized carbons (Fsp3) is 0.538. The van der Waals surface area contributed by atoms with Gasteiger partial charge in [0.2, 0.25) is 0 Å². The second-order valence-corrected chi connectivity index (χ2v) is 9.64. The minimum atomic E-state index is -1.02. The van der Waals surface area contributed by atoms with Crippen molar-refractivity contribution in [3.05, 3.63) is 48.3 Å². The van der Waals surface area contributed by atoms with Gasteiger partial charge >= 0.3 is 0 Å². The number of hydrogen-bond acceptors (Lipinski definition) is 7. The molecule has 1 aromatic carbocycles. The van der Waals surface area contributed by atoms with Crippen molar-refractivity contribution in [2.45, 2.75) is 51.4 Å². The van der Waals surface area contributed by atoms with Crippen LogP contribution in [0.2, 0.25) is 0 Å². The molecule has 1 amide bonds. The Bertz CT molecular complexity index is 995. The highest BCUT2D eigenvalue weighted by Gasteiger charge is 2.49. The van der Waals surface area contributed by atoms with Crippen LogP contribution in [0.5, 0.6) is 11.5 Å². The van der Waals surface area contributed by atoms with Crippen LogP contribution in [0.15, 0.2) is 42.7 Å². The maximum Gasteiger partial charge on any atom is 0.251 e. The molecule has 0 aliphatic carbocycles. The SMILES string of the molecule is CC[C@H](O)C(=O)N1C[C@@H](c2ccc(OC)c(OC3CN(c4cccnc4)C3)c2)[C@](C)([C@@H](C)O)C1. The smallest absolute Gasteiger partial charge is 0.251 e. The van der Waals surface area contributed by atoms with Crippen molar-refractivity contribution in [1.82, 2.24) is 9.88 Å². The number of likely N-dealkylation sites (tertiary alicyclic amines) is 1. The van der Waals surface area contributed by atoms with Gasteiger partial charge in [-0.25, -0.2) is 0 Å². The fourth-order valence-corrected chi connectivity index (χ4v) is 4.92. The molecule has 1 aromatic heterocycles. The monoisotopic (exact) mass is 469 g/mol. The van der Waals surface area contributed by atoms with Crippen LogP contribution < -0.4 is 14.4 Å². The van der Waals surface area contributed by atoms with Gasteiger partial charge in [-0.15, -0.1) is 0 Å². The molecule has 2 aliphatic rings. The van der Waals surface area contributed by atoms with E-state index in [0.29, 0.717) is 31.0 Å². The molecule has 34 heavy (non-hydrogen) atoms. The molecular formula is C26H35N3O5. The molecular weight excluding hydrogens is 434 g/mol. The predicted octanol–water partition coefficient (Wildman–Crippen LogP) is 2.44. The molecule has 2 fully saturated rings. The quantitative estimate of drug-likeness (QED) is 0.613. The number of aromatic nitrogens is 1. The summed E-state index contributed by atoms with van der Waals surface area (Å²) in [6, 6.07) is 9.79. The van der Waals surface area contributed by atoms with Gasteiger partial charge in [0.25, 0.3) is 5.91 Å². The van der Waals surface area contributed by atoms with E-state index >= 15 is 0 Å². The van der Waals surface area contributed by atoms with Crippen molar-refractivity contribution < 1.29 is 24.5 Å². The molecule has 0 saturated carbocycles. The molecule has 2 aliphatic heterocycles. The van der Waals surface area contributed by atoms with Gasteiger partial charge < -0.3 is 29.5 Å². The number of rotatable bonds is 8. The predicted molar refractivity (Wildman–Crippen MR) is 129 cm³/mol. The van der Waals surface area contributed by atoms with E-state index < -0.39 is 17.6 Å². The van der Waals surface area contributed by atoms with Gasteiger partial charge in [-0.05, 0) is 43.2 Å². The maximum absolute atomic E-state index is 12.7. The summed E-state index contributed by atoms with van der Waals surface area (Å²) in [6.45, 7) is 7.87. The van der Waals surface area contributed by atoms with Gasteiger partial charge in [0.15, 0.2) is 11.5 Å². The zero-order valence-electron chi connectivity index (χ0n) is 20.3. The Morgan fingerprint density at radius 1 is 1.24 bits per heavy atom. The van der Waals surface area contributed by atoms with Crippen LogP contribution in [-0.4, -0.2) is 77.6 Å². The zero-order chi connectivity index (χ0) is 24.5. The highest BCUT2D eigenvalue weighted by molar-refractivity contribution is 5.81. The minimum absolute atomic E-state index is 0.0221. The third-order valence-corrected chi connectivity index (χ3v) is 7.41. The lowest BCUT2D eigenvalue weighted by atomic mass is 9.72. The molecule has 2 saturated heterocycles. The molecule has 3 heterocycles. The van der Waals surface area contributed by atoms with E-state index in [1.807, 2.05) is 43.5 Å². The third-order valence-electron chi connectivity index (χ3n) is 7.41. The summed E-state index contributed by atoms with van der Waals surface area (Å²) in [4.78, 5) is 20.8. The Balaban J connectivity index is 1.53. The lowest BCUT2D eigenvalue weighted by Crippen LogP contribution is -2.54. The average Bonchev–Trinajstić information content (AvgIpc) is 3.19. The number of carbonyl (C=O) groups excluding carboxylic acids is 1. The minimum Gasteiger partial charge on any atom is -0.493 e. The van der Waals surface area contributed by atoms with Gasteiger partial charge in [-0.1, -0.05) is 19.9 Å². The number of aliphatic hydroxyl groups is 2. The molecule has 4 rings (SSSR count). The Morgan fingerprint density at radius 3 is 2.62 bits per heavy atom. The van der Waals surface area contributed by atoms with Gasteiger partial charge in [0.1, 0.15) is 12.2 Å². The van der Waals surface area contributed by atoms with E-state index in [0.717, 1.165) is 24.3 Å². The topological polar surface area (TPSA) is 95.4 Å². The van der Waals surface area contributed by atoms with Gasteiger partial charge in [0, 0.05) is 30.6 Å². The first-order valence-electron chi connectivity index (χ1n) is 11.9. The Kier molecular flexibility index (Phi) is 7.00. The van der Waals surface area contributed by atoms with Crippen molar-refractivity contribution in [2.75, 3.05) is 38.2 Å². The number of hydrogen-bond donors (Lipinski definition) is 2. The first kappa shape index (κ1) is 24.3. The van der Waals surface area contributed by atoms with Gasteiger partial charge in [-0.2, -0.15) is 0 Å². The summed E-state index contributed by atoms with van der Waals surface area (Å²) >= 11 is 0. The summed E-state index contributed by atoms with van der Waals surface area (Å²) in [5.74, 6) is 0.908. The Morgan fingerprint density at radius 2 is 2.00 bits per heavy atom. The number of carbonyl (C=O) groups is 1. The summed E-state index contributed by atoms with van der Waals surface area (Å²) in [5.41, 5.74) is 1.49. The highest BCUT2D eigenvalue weighted by atomic mass is 16.5. The number of anilines is 1. The first-order valence-corrected chi connectivity index (χ1v) is 11.9. The van der Waals surface area contributed by atoms with Crippen LogP contribution in [0.3, 0.4) is 0 Å². The second kappa shape index (κ2) is 9.80. The van der Waals surface area contributed by atoms with Crippen LogP contribution in [0.4, 0.5) is 5.69 Å². The molecule has 0 spiro atoms. The number of benzene rings is 1. The molecule has 2 aromatic rings. The second-order valence-electron chi connectivity index (χ2n) is 9.64. The molecule has 0 unspecified atom stereocenters. The standard InChI is InChI=1S/C26H35N3O5/c1-5-22(31)25(32)29-15-21(26(3,16-29)17(2)30)18-8-9-23(33-4)24(11-18)34-20-13-28(14-20)19-7-6-10-27-12-19/h6-12,17,20-22,30-31H,5,13-16H2,1-4H3/t17-,21+,22+,26+/m1/s1. The summed E-state index contributed by atoms with van der Waals surface area (Å²) in [6.07, 6.45) is 2.33. The molecule has 8 heteroatoms. The molecule has 184 valence electrons. The van der Waals surface area contributed by atoms with Gasteiger partial charge in [-0.3, -0.25) is 9.78 Å². The van der Waals surface area contributed by atoms with E-state index in [9.17, 15) is 15.0 Å². The van der Waals surface area contributed by atoms with Crippen LogP contribution in [-0.2, 0) is 4.79 Å². The number of aliphatic hydroxyl groups excluding tert-OH is 2. The van der Waals surface area contributed by atoms with Crippen LogP contribution in [0, 0.1) is 5.41 Å². The van der Waals surface area contributed by atoms with Gasteiger partial charge in [0.05, 0.1) is 38.2 Å². The number of amides is 1. The van der Waals surface area contributed by atoms with E-state index in [4.69, 9.17) is 9.47 Å². The third kappa shape index (κ3) is 4.57. The number of ether oxygens (including phenoxy) is 2. The molecule has 8 nitrogen and oxygen atoms in total. The lowest BCUT2D eigenvalue weighted by molar-refractivity contribution is -0.139. The first-order chi connectivity index (χ1) is 16.3. The summed E-state index contributed by atoms with van der Waals surface area (Å²) < 4.78 is 11.9. The van der Waals surface area contributed by atoms with Crippen molar-refractivity contribution in [3.63, 3.8) is 0 Å². The Hall–Kier alpha value is -2.84. The van der Waals surface area contributed by atoms with E-state index in [1.54, 1.807) is 32.1 Å². The lowest BCUT2D eigenvalue weighted by Gasteiger charge is -2.40. The number of pyridine rings is 1. The number of methoxy groups -OCH3 is 1. The molecule has 0 bridgehead atoms.